The molecule has 0 heterocycles. The Kier molecular flexibility index (Phi) is 46.2. The Balaban J connectivity index is 4.55. The van der Waals surface area contributed by atoms with E-state index in [1.54, 1.807) is 0 Å². The molecule has 0 bridgehead atoms. The summed E-state index contributed by atoms with van der Waals surface area (Å²) in [6, 6.07) is 0. The number of hydrogen-bond donors (Lipinski definition) is 0. The number of esters is 3. The fourth-order valence-electron chi connectivity index (χ4n) is 5.77. The molecular formula is C57H86O6. The van der Waals surface area contributed by atoms with E-state index in [9.17, 15) is 14.4 Å². The van der Waals surface area contributed by atoms with E-state index in [0.717, 1.165) is 122 Å². The molecule has 350 valence electrons. The first kappa shape index (κ1) is 58.3. The Labute approximate surface area is 385 Å². The Morgan fingerprint density at radius 3 is 0.937 bits per heavy atom. The van der Waals surface area contributed by atoms with Crippen molar-refractivity contribution in [2.75, 3.05) is 13.2 Å². The van der Waals surface area contributed by atoms with Gasteiger partial charge in [-0.05, 0) is 128 Å². The van der Waals surface area contributed by atoms with Crippen molar-refractivity contribution in [3.8, 4) is 0 Å². The van der Waals surface area contributed by atoms with Gasteiger partial charge in [-0.1, -0.05) is 173 Å². The van der Waals surface area contributed by atoms with Crippen LogP contribution in [0.25, 0.3) is 0 Å². The molecule has 0 spiro atoms. The summed E-state index contributed by atoms with van der Waals surface area (Å²) < 4.78 is 16.6. The molecule has 0 radical (unpaired) electrons. The average Bonchev–Trinajstić information content (AvgIpc) is 3.28. The van der Waals surface area contributed by atoms with Crippen LogP contribution in [0.5, 0.6) is 0 Å². The van der Waals surface area contributed by atoms with Gasteiger partial charge in [0.25, 0.3) is 0 Å². The standard InChI is InChI=1S/C57H86O6/c1-4-7-10-13-16-19-21-23-25-27-28-30-31-33-35-38-41-44-47-50-56(59)62-53-54(52-61-55(58)49-46-43-40-37-18-15-12-9-6-3)63-57(60)51-48-45-42-39-36-34-32-29-26-24-22-20-17-14-11-8-5-2/h7-12,16-20,23-26,28,30,32-35,37,39,42,54H,4-6,13-15,21-22,27,29,31,36,38,40-41,43-53H2,1-3H3/b10-7-,11-8-,12-9-,19-16-,20-17-,25-23-,26-24-,30-28-,34-32-,35-33-,37-18-,42-39-. The Bertz CT molecular complexity index is 1460. The lowest BCUT2D eigenvalue weighted by atomic mass is 10.1. The first-order valence-electron chi connectivity index (χ1n) is 24.3. The normalized spacial score (nSPS) is 13.4. The van der Waals surface area contributed by atoms with E-state index in [4.69, 9.17) is 14.2 Å². The Hall–Kier alpha value is -4.71. The van der Waals surface area contributed by atoms with Gasteiger partial charge in [0.05, 0.1) is 0 Å². The van der Waals surface area contributed by atoms with Gasteiger partial charge < -0.3 is 14.2 Å². The van der Waals surface area contributed by atoms with Crippen LogP contribution in [0.2, 0.25) is 0 Å². The van der Waals surface area contributed by atoms with Gasteiger partial charge in [0, 0.05) is 19.3 Å². The van der Waals surface area contributed by atoms with E-state index < -0.39 is 12.1 Å². The van der Waals surface area contributed by atoms with E-state index in [0.29, 0.717) is 19.3 Å². The largest absolute Gasteiger partial charge is 0.462 e. The zero-order chi connectivity index (χ0) is 45.8. The van der Waals surface area contributed by atoms with Crippen molar-refractivity contribution in [1.82, 2.24) is 0 Å². The van der Waals surface area contributed by atoms with Crippen molar-refractivity contribution in [2.24, 2.45) is 0 Å². The van der Waals surface area contributed by atoms with Crippen LogP contribution in [0, 0.1) is 0 Å². The number of rotatable bonds is 41. The lowest BCUT2D eigenvalue weighted by Crippen LogP contribution is -2.30. The molecule has 0 aliphatic rings. The maximum atomic E-state index is 12.7. The van der Waals surface area contributed by atoms with Gasteiger partial charge in [0.1, 0.15) is 13.2 Å². The highest BCUT2D eigenvalue weighted by Crippen LogP contribution is 2.10. The van der Waals surface area contributed by atoms with Crippen LogP contribution < -0.4 is 0 Å². The van der Waals surface area contributed by atoms with Crippen LogP contribution in [0.15, 0.2) is 146 Å². The van der Waals surface area contributed by atoms with Gasteiger partial charge in [-0.3, -0.25) is 14.4 Å². The van der Waals surface area contributed by atoms with E-state index >= 15 is 0 Å². The predicted octanol–water partition coefficient (Wildman–Crippen LogP) is 16.1. The number of ether oxygens (including phenoxy) is 3. The van der Waals surface area contributed by atoms with Crippen LogP contribution in [-0.4, -0.2) is 37.2 Å². The zero-order valence-corrected chi connectivity index (χ0v) is 39.8. The molecular weight excluding hydrogens is 781 g/mol. The molecule has 0 rings (SSSR count). The molecule has 0 aliphatic carbocycles. The highest BCUT2D eigenvalue weighted by Gasteiger charge is 2.19. The first-order chi connectivity index (χ1) is 31.0. The molecule has 0 aromatic rings. The molecule has 0 N–H and O–H groups in total. The Morgan fingerprint density at radius 1 is 0.317 bits per heavy atom. The fraction of sp³-hybridized carbons (Fsp3) is 0.526. The van der Waals surface area contributed by atoms with Crippen LogP contribution in [0.1, 0.15) is 175 Å². The van der Waals surface area contributed by atoms with Crippen LogP contribution in [-0.2, 0) is 28.6 Å². The molecule has 0 saturated heterocycles. The number of carbonyl (C=O) groups is 3. The maximum Gasteiger partial charge on any atom is 0.306 e. The third-order valence-electron chi connectivity index (χ3n) is 9.32. The number of carbonyl (C=O) groups excluding carboxylic acids is 3. The molecule has 0 fully saturated rings. The molecule has 6 nitrogen and oxygen atoms in total. The molecule has 63 heavy (non-hydrogen) atoms. The van der Waals surface area contributed by atoms with Gasteiger partial charge in [0.2, 0.25) is 0 Å². The summed E-state index contributed by atoms with van der Waals surface area (Å²) in [5.74, 6) is -1.08. The molecule has 1 atom stereocenters. The summed E-state index contributed by atoms with van der Waals surface area (Å²) in [6.45, 7) is 6.14. The van der Waals surface area contributed by atoms with Crippen LogP contribution >= 0.6 is 0 Å². The average molecular weight is 867 g/mol. The van der Waals surface area contributed by atoms with Crippen molar-refractivity contribution in [3.05, 3.63) is 146 Å². The predicted molar refractivity (Wildman–Crippen MR) is 269 cm³/mol. The molecule has 0 saturated carbocycles. The van der Waals surface area contributed by atoms with Crippen molar-refractivity contribution < 1.29 is 28.6 Å². The van der Waals surface area contributed by atoms with E-state index in [1.165, 1.54) is 0 Å². The molecule has 6 heteroatoms. The first-order valence-corrected chi connectivity index (χ1v) is 24.3. The second-order valence-electron chi connectivity index (χ2n) is 15.2. The van der Waals surface area contributed by atoms with E-state index in [1.807, 2.05) is 0 Å². The fourth-order valence-corrected chi connectivity index (χ4v) is 5.77. The van der Waals surface area contributed by atoms with Crippen LogP contribution in [0.3, 0.4) is 0 Å². The van der Waals surface area contributed by atoms with Crippen LogP contribution in [0.4, 0.5) is 0 Å². The zero-order valence-electron chi connectivity index (χ0n) is 39.8. The lowest BCUT2D eigenvalue weighted by molar-refractivity contribution is -0.167. The molecule has 0 aromatic carbocycles. The summed E-state index contributed by atoms with van der Waals surface area (Å²) in [5.41, 5.74) is 0. The third-order valence-corrected chi connectivity index (χ3v) is 9.32. The summed E-state index contributed by atoms with van der Waals surface area (Å²) in [5, 5.41) is 0. The smallest absolute Gasteiger partial charge is 0.306 e. The quantitative estimate of drug-likeness (QED) is 0.0264. The topological polar surface area (TPSA) is 78.9 Å². The minimum atomic E-state index is -0.839. The van der Waals surface area contributed by atoms with Gasteiger partial charge in [0.15, 0.2) is 6.10 Å². The SMILES string of the molecule is CC/C=C\C/C=C\C/C=C\C/C=C\C/C=C\CCCCCC(=O)OCC(COC(=O)CCCC/C=C\C/C=C\CC)OC(=O)CCC/C=C\C/C=C\C/C=C\C/C=C\C/C=C\CC. The monoisotopic (exact) mass is 867 g/mol. The van der Waals surface area contributed by atoms with Crippen molar-refractivity contribution in [1.29, 1.82) is 0 Å². The van der Waals surface area contributed by atoms with Gasteiger partial charge in [-0.15, -0.1) is 0 Å². The Morgan fingerprint density at radius 2 is 0.587 bits per heavy atom. The second-order valence-corrected chi connectivity index (χ2v) is 15.2. The van der Waals surface area contributed by atoms with E-state index in [2.05, 4.69) is 167 Å². The summed E-state index contributed by atoms with van der Waals surface area (Å²) in [4.78, 5) is 37.8. The van der Waals surface area contributed by atoms with Gasteiger partial charge in [-0.2, -0.15) is 0 Å². The van der Waals surface area contributed by atoms with Crippen molar-refractivity contribution in [2.45, 2.75) is 181 Å². The minimum absolute atomic E-state index is 0.135. The molecule has 0 aliphatic heterocycles. The van der Waals surface area contributed by atoms with Gasteiger partial charge >= 0.3 is 17.9 Å². The van der Waals surface area contributed by atoms with Crippen molar-refractivity contribution >= 4 is 17.9 Å². The summed E-state index contributed by atoms with van der Waals surface area (Å²) in [6.07, 6.45) is 71.4. The second kappa shape index (κ2) is 49.9. The molecule has 0 aromatic heterocycles. The third kappa shape index (κ3) is 48.2. The molecule has 1 unspecified atom stereocenters. The highest BCUT2D eigenvalue weighted by atomic mass is 16.6. The number of hydrogen-bond acceptors (Lipinski definition) is 6. The minimum Gasteiger partial charge on any atom is -0.462 e. The van der Waals surface area contributed by atoms with Gasteiger partial charge in [-0.25, -0.2) is 0 Å². The summed E-state index contributed by atoms with van der Waals surface area (Å²) >= 11 is 0. The molecule has 0 amide bonds. The number of unbranched alkanes of at least 4 members (excludes halogenated alkanes) is 6. The lowest BCUT2D eigenvalue weighted by Gasteiger charge is -2.18. The maximum absolute atomic E-state index is 12.7. The highest BCUT2D eigenvalue weighted by molar-refractivity contribution is 5.71. The van der Waals surface area contributed by atoms with E-state index in [-0.39, 0.29) is 38.0 Å². The van der Waals surface area contributed by atoms with Crippen molar-refractivity contribution in [3.63, 3.8) is 0 Å². The number of allylic oxidation sites excluding steroid dienone is 24. The summed E-state index contributed by atoms with van der Waals surface area (Å²) in [7, 11) is 0.